The van der Waals surface area contributed by atoms with Gasteiger partial charge >= 0.3 is 5.91 Å². The summed E-state index contributed by atoms with van der Waals surface area (Å²) in [6, 6.07) is 0. The van der Waals surface area contributed by atoms with E-state index in [1.165, 1.54) is 57.8 Å². The van der Waals surface area contributed by atoms with Crippen LogP contribution in [0.1, 0.15) is 118 Å². The first-order valence-corrected chi connectivity index (χ1v) is 10.4. The van der Waals surface area contributed by atoms with E-state index >= 15 is 0 Å². The number of hydrogen-bond donors (Lipinski definition) is 1. The summed E-state index contributed by atoms with van der Waals surface area (Å²) in [5, 5.41) is 10.8. The normalized spacial score (nSPS) is 14.6. The molecule has 0 aliphatic carbocycles. The average Bonchev–Trinajstić information content (AvgIpc) is 2.51. The fourth-order valence-corrected chi connectivity index (χ4v) is 3.28. The van der Waals surface area contributed by atoms with Crippen LogP contribution in [0.2, 0.25) is 0 Å². The van der Waals surface area contributed by atoms with E-state index in [4.69, 9.17) is 0 Å². The molecular weight excluding hydrogens is 298 g/mol. The van der Waals surface area contributed by atoms with Gasteiger partial charge in [0.15, 0.2) is 0 Å². The first kappa shape index (κ1) is 23.6. The van der Waals surface area contributed by atoms with Crippen LogP contribution in [0.15, 0.2) is 0 Å². The van der Waals surface area contributed by atoms with Crippen molar-refractivity contribution in [2.24, 2.45) is 0 Å². The van der Waals surface area contributed by atoms with Gasteiger partial charge in [-0.2, -0.15) is 0 Å². The second kappa shape index (κ2) is 12.9. The second-order valence-electron chi connectivity index (χ2n) is 8.34. The van der Waals surface area contributed by atoms with Gasteiger partial charge in [-0.05, 0) is 33.6 Å². The van der Waals surface area contributed by atoms with Crippen molar-refractivity contribution >= 4 is 5.91 Å². The van der Waals surface area contributed by atoms with Gasteiger partial charge in [0, 0.05) is 0 Å². The Kier molecular flexibility index (Phi) is 12.7. The molecule has 1 unspecified atom stereocenters. The minimum absolute atomic E-state index is 0.0136. The summed E-state index contributed by atoms with van der Waals surface area (Å²) >= 11 is 0. The molecule has 0 spiro atoms. The fourth-order valence-electron chi connectivity index (χ4n) is 3.28. The lowest BCUT2D eigenvalue weighted by Gasteiger charge is -2.38. The van der Waals surface area contributed by atoms with Gasteiger partial charge in [0.2, 0.25) is 0 Å². The molecule has 0 heterocycles. The molecule has 3 nitrogen and oxygen atoms in total. The van der Waals surface area contributed by atoms with Crippen LogP contribution in [-0.2, 0) is 4.79 Å². The highest BCUT2D eigenvalue weighted by Crippen LogP contribution is 2.25. The summed E-state index contributed by atoms with van der Waals surface area (Å²) in [5.41, 5.74) is -0.440. The van der Waals surface area contributed by atoms with E-state index in [-0.39, 0.29) is 5.91 Å². The molecule has 1 amide bonds. The zero-order chi connectivity index (χ0) is 18.5. The summed E-state index contributed by atoms with van der Waals surface area (Å²) in [7, 11) is 0. The monoisotopic (exact) mass is 342 g/mol. The highest BCUT2D eigenvalue weighted by atomic mass is 16.6. The Morgan fingerprint density at radius 3 is 1.54 bits per heavy atom. The predicted octanol–water partition coefficient (Wildman–Crippen LogP) is 6.63. The van der Waals surface area contributed by atoms with Crippen LogP contribution in [0, 0.1) is 0 Å². The summed E-state index contributed by atoms with van der Waals surface area (Å²) in [5.74, 6) is -0.0136. The van der Waals surface area contributed by atoms with Gasteiger partial charge in [0.05, 0.1) is 6.42 Å². The van der Waals surface area contributed by atoms with Crippen molar-refractivity contribution in [1.82, 2.24) is 0 Å². The molecule has 0 saturated carbocycles. The number of rotatable bonds is 14. The highest BCUT2D eigenvalue weighted by Gasteiger charge is 2.45. The molecule has 0 aromatic carbocycles. The van der Waals surface area contributed by atoms with Gasteiger partial charge in [-0.25, -0.2) is 10.0 Å². The van der Waals surface area contributed by atoms with Crippen LogP contribution in [0.3, 0.4) is 0 Å². The maximum Gasteiger partial charge on any atom is 0.346 e. The third-order valence-electron chi connectivity index (χ3n) is 5.06. The van der Waals surface area contributed by atoms with E-state index in [1.54, 1.807) is 0 Å². The zero-order valence-electron chi connectivity index (χ0n) is 17.2. The standard InChI is InChI=1S/C21H44NO2/c1-6-8-9-10-11-12-13-14-15-16-17-18-20(23)22(24,19-7-2)21(3,4)5/h24H,6-19H2,1-5H3/q+1. The van der Waals surface area contributed by atoms with Crippen molar-refractivity contribution in [3.05, 3.63) is 0 Å². The number of unbranched alkanes of at least 4 members (excludes halogenated alkanes) is 10. The van der Waals surface area contributed by atoms with Gasteiger partial charge in [-0.1, -0.05) is 78.1 Å². The molecule has 1 atom stereocenters. The summed E-state index contributed by atoms with van der Waals surface area (Å²) in [6.45, 7) is 10.6. The van der Waals surface area contributed by atoms with Crippen LogP contribution in [-0.4, -0.2) is 27.8 Å². The van der Waals surface area contributed by atoms with E-state index in [0.29, 0.717) is 13.0 Å². The number of amides is 1. The minimum Gasteiger partial charge on any atom is -0.227 e. The average molecular weight is 343 g/mol. The number of nitrogens with zero attached hydrogens (tertiary/aromatic N) is 1. The molecule has 0 aliphatic heterocycles. The number of carbonyl (C=O) groups excluding carboxylic acids is 1. The third-order valence-corrected chi connectivity index (χ3v) is 5.06. The van der Waals surface area contributed by atoms with Gasteiger partial charge in [-0.3, -0.25) is 0 Å². The van der Waals surface area contributed by atoms with Crippen LogP contribution in [0.5, 0.6) is 0 Å². The molecule has 0 fully saturated rings. The SMILES string of the molecule is CCCCCCCCCCCCCC(=O)[N+](O)(CCC)C(C)(C)C. The van der Waals surface area contributed by atoms with Crippen molar-refractivity contribution in [3.8, 4) is 0 Å². The molecule has 0 radical (unpaired) electrons. The van der Waals surface area contributed by atoms with Gasteiger partial charge < -0.3 is 0 Å². The quantitative estimate of drug-likeness (QED) is 0.166. The largest absolute Gasteiger partial charge is 0.346 e. The Balaban J connectivity index is 3.78. The second-order valence-corrected chi connectivity index (χ2v) is 8.34. The Bertz CT molecular complexity index is 322. The number of quaternary nitrogens is 1. The van der Waals surface area contributed by atoms with E-state index in [1.807, 2.05) is 27.7 Å². The molecule has 144 valence electrons. The molecule has 0 rings (SSSR count). The molecule has 3 heteroatoms. The van der Waals surface area contributed by atoms with E-state index in [0.717, 1.165) is 19.3 Å². The van der Waals surface area contributed by atoms with Crippen molar-refractivity contribution in [2.45, 2.75) is 124 Å². The number of carbonyl (C=O) groups is 1. The summed E-state index contributed by atoms with van der Waals surface area (Å²) < 4.78 is -0.415. The molecule has 1 N–H and O–H groups in total. The molecule has 0 aromatic heterocycles. The highest BCUT2D eigenvalue weighted by molar-refractivity contribution is 5.68. The van der Waals surface area contributed by atoms with Crippen LogP contribution >= 0.6 is 0 Å². The summed E-state index contributed by atoms with van der Waals surface area (Å²) in [6.07, 6.45) is 15.4. The Hall–Kier alpha value is -0.410. The Labute approximate surface area is 151 Å². The lowest BCUT2D eigenvalue weighted by Crippen LogP contribution is -2.61. The van der Waals surface area contributed by atoms with Gasteiger partial charge in [0.1, 0.15) is 12.1 Å². The first-order chi connectivity index (χ1) is 11.3. The molecule has 0 saturated heterocycles. The van der Waals surface area contributed by atoms with Crippen molar-refractivity contribution < 1.29 is 14.6 Å². The van der Waals surface area contributed by atoms with Gasteiger partial charge in [0.25, 0.3) is 0 Å². The van der Waals surface area contributed by atoms with Crippen LogP contribution < -0.4 is 0 Å². The van der Waals surface area contributed by atoms with E-state index in [9.17, 15) is 10.0 Å². The smallest absolute Gasteiger partial charge is 0.227 e. The zero-order valence-corrected chi connectivity index (χ0v) is 17.2. The molecule has 24 heavy (non-hydrogen) atoms. The minimum atomic E-state index is -0.440. The first-order valence-electron chi connectivity index (χ1n) is 10.4. The van der Waals surface area contributed by atoms with Crippen molar-refractivity contribution in [1.29, 1.82) is 0 Å². The van der Waals surface area contributed by atoms with Crippen molar-refractivity contribution in [3.63, 3.8) is 0 Å². The van der Waals surface area contributed by atoms with Gasteiger partial charge in [-0.15, -0.1) is 4.65 Å². The molecule has 0 aliphatic rings. The third kappa shape index (κ3) is 9.17. The Morgan fingerprint density at radius 2 is 1.17 bits per heavy atom. The van der Waals surface area contributed by atoms with E-state index in [2.05, 4.69) is 6.92 Å². The number of hydrogen-bond acceptors (Lipinski definition) is 2. The molecule has 0 bridgehead atoms. The fraction of sp³-hybridized carbons (Fsp3) is 0.952. The van der Waals surface area contributed by atoms with Crippen LogP contribution in [0.25, 0.3) is 0 Å². The lowest BCUT2D eigenvalue weighted by atomic mass is 10.0. The predicted molar refractivity (Wildman–Crippen MR) is 103 cm³/mol. The number of hydroxylamine groups is 3. The topological polar surface area (TPSA) is 37.3 Å². The van der Waals surface area contributed by atoms with Crippen LogP contribution in [0.4, 0.5) is 0 Å². The van der Waals surface area contributed by atoms with Crippen molar-refractivity contribution in [2.75, 3.05) is 6.54 Å². The maximum atomic E-state index is 12.5. The maximum absolute atomic E-state index is 12.5. The lowest BCUT2D eigenvalue weighted by molar-refractivity contribution is -1.07. The molecule has 0 aromatic rings. The Morgan fingerprint density at radius 1 is 0.750 bits per heavy atom. The van der Waals surface area contributed by atoms with E-state index < -0.39 is 10.2 Å². The summed E-state index contributed by atoms with van der Waals surface area (Å²) in [4.78, 5) is 12.5. The molecular formula is C21H44NO2+.